The van der Waals surface area contributed by atoms with E-state index >= 15 is 0 Å². The van der Waals surface area contributed by atoms with Crippen molar-refractivity contribution in [2.24, 2.45) is 4.99 Å². The van der Waals surface area contributed by atoms with Crippen LogP contribution >= 0.6 is 0 Å². The number of hydrogen-bond donors (Lipinski definition) is 0. The van der Waals surface area contributed by atoms with E-state index in [0.717, 1.165) is 44.3 Å². The average molecular weight is 409 g/mol. The number of pyridine rings is 1. The smallest absolute Gasteiger partial charge is 0.227 e. The van der Waals surface area contributed by atoms with Gasteiger partial charge in [0.25, 0.3) is 0 Å². The SMILES string of the molecule is CN=C/C=C(\C=C(/C)c1c(C)ccc2c1oc1nc(C(C)C)ccc12)c1ccccc1. The normalized spacial score (nSPS) is 13.2. The molecule has 0 saturated heterocycles. The zero-order chi connectivity index (χ0) is 22.0. The van der Waals surface area contributed by atoms with E-state index in [2.05, 4.69) is 87.3 Å². The Balaban J connectivity index is 1.91. The molecule has 2 aromatic carbocycles. The lowest BCUT2D eigenvalue weighted by molar-refractivity contribution is 0.646. The van der Waals surface area contributed by atoms with Gasteiger partial charge in [-0.3, -0.25) is 4.99 Å². The summed E-state index contributed by atoms with van der Waals surface area (Å²) in [5.41, 5.74) is 8.36. The van der Waals surface area contributed by atoms with E-state index in [4.69, 9.17) is 9.40 Å². The van der Waals surface area contributed by atoms with Crippen LogP contribution in [0.2, 0.25) is 0 Å². The molecule has 156 valence electrons. The lowest BCUT2D eigenvalue weighted by Gasteiger charge is -2.09. The molecule has 3 nitrogen and oxygen atoms in total. The number of rotatable bonds is 5. The zero-order valence-electron chi connectivity index (χ0n) is 18.8. The molecule has 4 rings (SSSR count). The van der Waals surface area contributed by atoms with E-state index in [0.29, 0.717) is 11.6 Å². The fourth-order valence-electron chi connectivity index (χ4n) is 3.96. The van der Waals surface area contributed by atoms with E-state index in [-0.39, 0.29) is 0 Å². The molecule has 2 heterocycles. The summed E-state index contributed by atoms with van der Waals surface area (Å²) >= 11 is 0. The summed E-state index contributed by atoms with van der Waals surface area (Å²) in [6, 6.07) is 18.9. The second-order valence-corrected chi connectivity index (χ2v) is 8.20. The Morgan fingerprint density at radius 1 is 1.00 bits per heavy atom. The van der Waals surface area contributed by atoms with Gasteiger partial charge in [-0.15, -0.1) is 0 Å². The minimum absolute atomic E-state index is 0.360. The lowest BCUT2D eigenvalue weighted by atomic mass is 9.95. The Labute approximate surface area is 183 Å². The van der Waals surface area contributed by atoms with Gasteiger partial charge in [0.1, 0.15) is 5.58 Å². The fraction of sp³-hybridized carbons (Fsp3) is 0.214. The molecule has 0 aliphatic rings. The Morgan fingerprint density at radius 2 is 1.74 bits per heavy atom. The number of hydrogen-bond acceptors (Lipinski definition) is 3. The molecule has 0 aliphatic heterocycles. The van der Waals surface area contributed by atoms with Crippen molar-refractivity contribution in [2.45, 2.75) is 33.6 Å². The quantitative estimate of drug-likeness (QED) is 0.252. The summed E-state index contributed by atoms with van der Waals surface area (Å²) in [6.07, 6.45) is 6.08. The van der Waals surface area contributed by atoms with Gasteiger partial charge in [-0.05, 0) is 60.2 Å². The summed E-state index contributed by atoms with van der Waals surface area (Å²) in [7, 11) is 1.79. The summed E-state index contributed by atoms with van der Waals surface area (Å²) in [4.78, 5) is 8.92. The molecule has 0 N–H and O–H groups in total. The topological polar surface area (TPSA) is 38.4 Å². The molecule has 2 aromatic heterocycles. The first-order valence-corrected chi connectivity index (χ1v) is 10.7. The first-order chi connectivity index (χ1) is 15.0. The Kier molecular flexibility index (Phi) is 5.85. The number of furan rings is 1. The van der Waals surface area contributed by atoms with Crippen LogP contribution in [0.1, 0.15) is 49.1 Å². The molecule has 3 heteroatoms. The molecule has 0 aliphatic carbocycles. The molecule has 4 aromatic rings. The van der Waals surface area contributed by atoms with Crippen molar-refractivity contribution in [3.63, 3.8) is 0 Å². The summed E-state index contributed by atoms with van der Waals surface area (Å²) in [5, 5.41) is 2.16. The Hall–Kier alpha value is -3.46. The number of fused-ring (bicyclic) bond motifs is 3. The van der Waals surface area contributed by atoms with Gasteiger partial charge < -0.3 is 4.42 Å². The molecule has 0 amide bonds. The number of benzene rings is 2. The molecule has 31 heavy (non-hydrogen) atoms. The Morgan fingerprint density at radius 3 is 2.45 bits per heavy atom. The maximum Gasteiger partial charge on any atom is 0.227 e. The number of allylic oxidation sites excluding steroid dienone is 4. The van der Waals surface area contributed by atoms with Crippen molar-refractivity contribution in [2.75, 3.05) is 7.05 Å². The van der Waals surface area contributed by atoms with Crippen molar-refractivity contribution in [3.05, 3.63) is 89.1 Å². The lowest BCUT2D eigenvalue weighted by Crippen LogP contribution is -1.90. The van der Waals surface area contributed by atoms with E-state index in [1.54, 1.807) is 7.05 Å². The van der Waals surface area contributed by atoms with Crippen LogP contribution in [0.3, 0.4) is 0 Å². The third kappa shape index (κ3) is 4.09. The minimum atomic E-state index is 0.360. The van der Waals surface area contributed by atoms with E-state index in [9.17, 15) is 0 Å². The number of aliphatic imine (C=N–C) groups is 1. The third-order valence-corrected chi connectivity index (χ3v) is 5.60. The summed E-state index contributed by atoms with van der Waals surface area (Å²) in [5.74, 6) is 0.360. The van der Waals surface area contributed by atoms with Crippen molar-refractivity contribution < 1.29 is 4.42 Å². The maximum absolute atomic E-state index is 6.35. The highest BCUT2D eigenvalue weighted by atomic mass is 16.3. The van der Waals surface area contributed by atoms with Crippen molar-refractivity contribution in [3.8, 4) is 0 Å². The molecule has 0 bridgehead atoms. The first kappa shape index (κ1) is 20.8. The second kappa shape index (κ2) is 8.73. The minimum Gasteiger partial charge on any atom is -0.437 e. The van der Waals surface area contributed by atoms with Gasteiger partial charge in [0.15, 0.2) is 0 Å². The molecule has 0 fully saturated rings. The van der Waals surface area contributed by atoms with Gasteiger partial charge in [0, 0.05) is 35.3 Å². The number of nitrogens with zero attached hydrogens (tertiary/aromatic N) is 2. The van der Waals surface area contributed by atoms with Crippen molar-refractivity contribution in [1.82, 2.24) is 4.98 Å². The van der Waals surface area contributed by atoms with Crippen LogP contribution in [0, 0.1) is 6.92 Å². The third-order valence-electron chi connectivity index (χ3n) is 5.60. The number of aromatic nitrogens is 1. The van der Waals surface area contributed by atoms with Crippen LogP contribution in [0.4, 0.5) is 0 Å². The molecule has 0 radical (unpaired) electrons. The van der Waals surface area contributed by atoms with E-state index in [1.165, 1.54) is 5.56 Å². The number of aryl methyl sites for hydroxylation is 1. The largest absolute Gasteiger partial charge is 0.437 e. The van der Waals surface area contributed by atoms with Crippen LogP contribution in [0.15, 0.2) is 76.2 Å². The predicted octanol–water partition coefficient (Wildman–Crippen LogP) is 7.60. The highest BCUT2D eigenvalue weighted by Crippen LogP contribution is 2.36. The highest BCUT2D eigenvalue weighted by molar-refractivity contribution is 6.08. The standard InChI is InChI=1S/C28H28N2O/c1-18(2)25-14-13-24-23-12-11-19(3)26(27(23)31-28(24)30-25)20(4)17-22(15-16-29-5)21-9-7-6-8-10-21/h6-18H,1-5H3/b20-17+,22-15+,29-16?. The molecule has 0 atom stereocenters. The maximum atomic E-state index is 6.35. The van der Waals surface area contributed by atoms with Gasteiger partial charge in [0.05, 0.1) is 0 Å². The van der Waals surface area contributed by atoms with Gasteiger partial charge in [-0.1, -0.05) is 62.4 Å². The second-order valence-electron chi connectivity index (χ2n) is 8.20. The van der Waals surface area contributed by atoms with E-state index in [1.807, 2.05) is 18.4 Å². The molecule has 0 saturated carbocycles. The van der Waals surface area contributed by atoms with Gasteiger partial charge in [-0.2, -0.15) is 0 Å². The van der Waals surface area contributed by atoms with Crippen LogP contribution in [0.5, 0.6) is 0 Å². The summed E-state index contributed by atoms with van der Waals surface area (Å²) in [6.45, 7) is 8.57. The fourth-order valence-corrected chi connectivity index (χ4v) is 3.96. The summed E-state index contributed by atoms with van der Waals surface area (Å²) < 4.78 is 6.35. The van der Waals surface area contributed by atoms with Gasteiger partial charge >= 0.3 is 0 Å². The zero-order valence-corrected chi connectivity index (χ0v) is 18.8. The van der Waals surface area contributed by atoms with Crippen LogP contribution < -0.4 is 0 Å². The van der Waals surface area contributed by atoms with Crippen molar-refractivity contribution in [1.29, 1.82) is 0 Å². The first-order valence-electron chi connectivity index (χ1n) is 10.7. The molecule has 0 unspecified atom stereocenters. The van der Waals surface area contributed by atoms with Crippen LogP contribution in [-0.2, 0) is 0 Å². The molecule has 0 spiro atoms. The molecular weight excluding hydrogens is 380 g/mol. The van der Waals surface area contributed by atoms with Crippen molar-refractivity contribution >= 4 is 39.4 Å². The van der Waals surface area contributed by atoms with Gasteiger partial charge in [-0.25, -0.2) is 4.98 Å². The highest BCUT2D eigenvalue weighted by Gasteiger charge is 2.16. The van der Waals surface area contributed by atoms with Crippen LogP contribution in [-0.4, -0.2) is 18.2 Å². The monoisotopic (exact) mass is 408 g/mol. The van der Waals surface area contributed by atoms with Gasteiger partial charge in [0.2, 0.25) is 5.71 Å². The predicted molar refractivity (Wildman–Crippen MR) is 133 cm³/mol. The molecular formula is C28H28N2O. The van der Waals surface area contributed by atoms with E-state index < -0.39 is 0 Å². The average Bonchev–Trinajstić information content (AvgIpc) is 3.14. The van der Waals surface area contributed by atoms with Crippen LogP contribution in [0.25, 0.3) is 33.2 Å². The Bertz CT molecular complexity index is 1320.